The van der Waals surface area contributed by atoms with Crippen molar-refractivity contribution in [1.29, 1.82) is 5.26 Å². The maximum atomic E-state index is 13.3. The number of rotatable bonds is 2. The highest BCUT2D eigenvalue weighted by molar-refractivity contribution is 6.33. The minimum atomic E-state index is -0.898. The molecule has 0 bridgehead atoms. The van der Waals surface area contributed by atoms with E-state index in [9.17, 15) is 9.18 Å². The Kier molecular flexibility index (Phi) is 3.64. The van der Waals surface area contributed by atoms with Crippen LogP contribution in [0.25, 0.3) is 0 Å². The molecule has 0 aliphatic rings. The van der Waals surface area contributed by atoms with Gasteiger partial charge in [-0.25, -0.2) is 9.18 Å². The van der Waals surface area contributed by atoms with Crippen LogP contribution in [0.1, 0.15) is 22.8 Å². The summed E-state index contributed by atoms with van der Waals surface area (Å²) in [5.41, 5.74) is -0.275. The normalized spacial score (nSPS) is 9.47. The van der Waals surface area contributed by atoms with Gasteiger partial charge < -0.3 is 4.74 Å². The lowest BCUT2D eigenvalue weighted by molar-refractivity contribution is 0.0526. The van der Waals surface area contributed by atoms with E-state index in [4.69, 9.17) is 16.9 Å². The lowest BCUT2D eigenvalue weighted by Crippen LogP contribution is -2.06. The van der Waals surface area contributed by atoms with Gasteiger partial charge in [-0.3, -0.25) is 0 Å². The zero-order valence-electron chi connectivity index (χ0n) is 7.88. The summed E-state index contributed by atoms with van der Waals surface area (Å²) in [6.07, 6.45) is 0. The average Bonchev–Trinajstić information content (AvgIpc) is 2.22. The molecule has 0 unspecified atom stereocenters. The lowest BCUT2D eigenvalue weighted by atomic mass is 10.1. The molecule has 0 spiro atoms. The third-order valence-electron chi connectivity index (χ3n) is 1.70. The molecule has 0 aliphatic carbocycles. The second-order valence-electron chi connectivity index (χ2n) is 2.62. The van der Waals surface area contributed by atoms with Crippen molar-refractivity contribution in [3.05, 3.63) is 34.1 Å². The fourth-order valence-corrected chi connectivity index (χ4v) is 1.24. The van der Waals surface area contributed by atoms with Crippen molar-refractivity contribution >= 4 is 17.6 Å². The van der Waals surface area contributed by atoms with Crippen LogP contribution in [0.3, 0.4) is 0 Å². The molecular formula is C10H7ClFNO2. The summed E-state index contributed by atoms with van der Waals surface area (Å²) < 4.78 is 18.0. The minimum Gasteiger partial charge on any atom is -0.462 e. The molecule has 78 valence electrons. The van der Waals surface area contributed by atoms with Gasteiger partial charge in [0.25, 0.3) is 0 Å². The Bertz CT molecular complexity index is 440. The first-order chi connectivity index (χ1) is 7.11. The van der Waals surface area contributed by atoms with Gasteiger partial charge in [-0.2, -0.15) is 5.26 Å². The van der Waals surface area contributed by atoms with Crippen molar-refractivity contribution in [3.63, 3.8) is 0 Å². The second kappa shape index (κ2) is 4.76. The van der Waals surface area contributed by atoms with Gasteiger partial charge in [-0.15, -0.1) is 0 Å². The predicted molar refractivity (Wildman–Crippen MR) is 52.1 cm³/mol. The van der Waals surface area contributed by atoms with Crippen LogP contribution in [0.2, 0.25) is 5.02 Å². The molecular weight excluding hydrogens is 221 g/mol. The van der Waals surface area contributed by atoms with E-state index in [1.54, 1.807) is 13.0 Å². The number of hydrogen-bond donors (Lipinski definition) is 0. The van der Waals surface area contributed by atoms with E-state index in [-0.39, 0.29) is 22.8 Å². The molecule has 5 heteroatoms. The van der Waals surface area contributed by atoms with E-state index in [1.807, 2.05) is 0 Å². The van der Waals surface area contributed by atoms with Crippen molar-refractivity contribution < 1.29 is 13.9 Å². The van der Waals surface area contributed by atoms with E-state index in [0.717, 1.165) is 0 Å². The highest BCUT2D eigenvalue weighted by Crippen LogP contribution is 2.23. The fraction of sp³-hybridized carbons (Fsp3) is 0.200. The Balaban J connectivity index is 3.19. The largest absolute Gasteiger partial charge is 0.462 e. The maximum absolute atomic E-state index is 13.3. The minimum absolute atomic E-state index is 0.0741. The summed E-state index contributed by atoms with van der Waals surface area (Å²) >= 11 is 5.58. The summed E-state index contributed by atoms with van der Waals surface area (Å²) in [6, 6.07) is 4.08. The third kappa shape index (κ3) is 2.25. The van der Waals surface area contributed by atoms with Crippen molar-refractivity contribution in [2.75, 3.05) is 6.61 Å². The number of nitriles is 1. The van der Waals surface area contributed by atoms with Gasteiger partial charge >= 0.3 is 5.97 Å². The standard InChI is InChI=1S/C10H7ClFNO2/c1-2-15-10(14)7-4-3-6(5-13)9(12)8(7)11/h3-4H,2H2,1H3. The number of carbonyl (C=O) groups excluding carboxylic acids is 1. The first kappa shape index (κ1) is 11.5. The first-order valence-corrected chi connectivity index (χ1v) is 4.54. The molecule has 15 heavy (non-hydrogen) atoms. The monoisotopic (exact) mass is 227 g/mol. The van der Waals surface area contributed by atoms with Crippen LogP contribution < -0.4 is 0 Å². The number of halogens is 2. The molecule has 1 aromatic rings. The Hall–Kier alpha value is -1.60. The molecule has 0 heterocycles. The van der Waals surface area contributed by atoms with Gasteiger partial charge in [0.05, 0.1) is 22.8 Å². The number of esters is 1. The molecule has 3 nitrogen and oxygen atoms in total. The molecule has 0 amide bonds. The maximum Gasteiger partial charge on any atom is 0.339 e. The molecule has 0 fully saturated rings. The van der Waals surface area contributed by atoms with Crippen LogP contribution in [-0.4, -0.2) is 12.6 Å². The van der Waals surface area contributed by atoms with E-state index < -0.39 is 11.8 Å². The van der Waals surface area contributed by atoms with Crippen molar-refractivity contribution in [2.45, 2.75) is 6.92 Å². The van der Waals surface area contributed by atoms with Gasteiger partial charge in [0.2, 0.25) is 0 Å². The fourth-order valence-electron chi connectivity index (χ4n) is 1.00. The molecule has 0 saturated heterocycles. The van der Waals surface area contributed by atoms with Crippen molar-refractivity contribution in [2.24, 2.45) is 0 Å². The van der Waals surface area contributed by atoms with Gasteiger partial charge in [0.1, 0.15) is 6.07 Å². The number of benzene rings is 1. The average molecular weight is 228 g/mol. The summed E-state index contributed by atoms with van der Waals surface area (Å²) in [5, 5.41) is 8.13. The number of hydrogen-bond acceptors (Lipinski definition) is 3. The van der Waals surface area contributed by atoms with E-state index >= 15 is 0 Å². The van der Waals surface area contributed by atoms with E-state index in [1.165, 1.54) is 12.1 Å². The Morgan fingerprint density at radius 2 is 2.33 bits per heavy atom. The summed E-state index contributed by atoms with van der Waals surface area (Å²) in [6.45, 7) is 1.81. The Morgan fingerprint density at radius 3 is 2.87 bits per heavy atom. The van der Waals surface area contributed by atoms with E-state index in [0.29, 0.717) is 0 Å². The smallest absolute Gasteiger partial charge is 0.339 e. The summed E-state index contributed by atoms with van der Waals surface area (Å²) in [5.74, 6) is -1.60. The molecule has 0 aliphatic heterocycles. The van der Waals surface area contributed by atoms with Gasteiger partial charge in [0.15, 0.2) is 5.82 Å². The lowest BCUT2D eigenvalue weighted by Gasteiger charge is -2.05. The van der Waals surface area contributed by atoms with Crippen LogP contribution >= 0.6 is 11.6 Å². The number of carbonyl (C=O) groups is 1. The molecule has 0 radical (unpaired) electrons. The molecule has 0 saturated carbocycles. The van der Waals surface area contributed by atoms with Crippen LogP contribution in [-0.2, 0) is 4.74 Å². The van der Waals surface area contributed by atoms with E-state index in [2.05, 4.69) is 4.74 Å². The van der Waals surface area contributed by atoms with Gasteiger partial charge in [0, 0.05) is 0 Å². The Morgan fingerprint density at radius 1 is 1.67 bits per heavy atom. The van der Waals surface area contributed by atoms with Gasteiger partial charge in [-0.05, 0) is 19.1 Å². The number of ether oxygens (including phenoxy) is 1. The van der Waals surface area contributed by atoms with Crippen LogP contribution in [0.5, 0.6) is 0 Å². The Labute approximate surface area is 91.0 Å². The van der Waals surface area contributed by atoms with Crippen molar-refractivity contribution in [1.82, 2.24) is 0 Å². The predicted octanol–water partition coefficient (Wildman–Crippen LogP) is 2.53. The SMILES string of the molecule is CCOC(=O)c1ccc(C#N)c(F)c1Cl. The van der Waals surface area contributed by atoms with Gasteiger partial charge in [-0.1, -0.05) is 11.6 Å². The first-order valence-electron chi connectivity index (χ1n) is 4.17. The molecule has 0 atom stereocenters. The zero-order valence-corrected chi connectivity index (χ0v) is 8.64. The third-order valence-corrected chi connectivity index (χ3v) is 2.07. The van der Waals surface area contributed by atoms with Crippen LogP contribution in [0.15, 0.2) is 12.1 Å². The molecule has 0 aromatic heterocycles. The summed E-state index contributed by atoms with van der Waals surface area (Å²) in [7, 11) is 0. The second-order valence-corrected chi connectivity index (χ2v) is 3.00. The topological polar surface area (TPSA) is 50.1 Å². The molecule has 1 rings (SSSR count). The quantitative estimate of drug-likeness (QED) is 0.730. The summed E-state index contributed by atoms with van der Waals surface area (Å²) in [4.78, 5) is 11.3. The van der Waals surface area contributed by atoms with Crippen LogP contribution in [0.4, 0.5) is 4.39 Å². The zero-order chi connectivity index (χ0) is 11.4. The molecule has 1 aromatic carbocycles. The van der Waals surface area contributed by atoms with Crippen molar-refractivity contribution in [3.8, 4) is 6.07 Å². The van der Waals surface area contributed by atoms with Crippen LogP contribution in [0, 0.1) is 17.1 Å². The highest BCUT2D eigenvalue weighted by Gasteiger charge is 2.17. The number of nitrogens with zero attached hydrogens (tertiary/aromatic N) is 1. The highest BCUT2D eigenvalue weighted by atomic mass is 35.5. The molecule has 0 N–H and O–H groups in total.